The minimum Gasteiger partial charge on any atom is -0.478 e. The summed E-state index contributed by atoms with van der Waals surface area (Å²) in [6.07, 6.45) is 1.08. The standard InChI is InChI=1S/C15H14N6O7S2/c1-29(24,25)11-4-2-10(3-5-11)20-15(17-18-19-20)9-28-14-7-6-12(30(16,26)27)8-13(14)21(22)23/h2-8H,9H2,1H3,(H2,16,26,27). The summed E-state index contributed by atoms with van der Waals surface area (Å²) in [5, 5.41) is 27.3. The summed E-state index contributed by atoms with van der Waals surface area (Å²) in [5.41, 5.74) is -0.164. The van der Waals surface area contributed by atoms with Crippen LogP contribution in [0.15, 0.2) is 52.3 Å². The highest BCUT2D eigenvalue weighted by Crippen LogP contribution is 2.30. The number of hydrogen-bond donors (Lipinski definition) is 1. The molecule has 0 atom stereocenters. The van der Waals surface area contributed by atoms with Crippen LogP contribution in [0.4, 0.5) is 5.69 Å². The SMILES string of the molecule is CS(=O)(=O)c1ccc(-n2nnnc2COc2ccc(S(N)(=O)=O)cc2[N+](=O)[O-])cc1. The Bertz CT molecular complexity index is 1320. The van der Waals surface area contributed by atoms with Crippen LogP contribution >= 0.6 is 0 Å². The summed E-state index contributed by atoms with van der Waals surface area (Å²) in [5.74, 6) is -0.0544. The fraction of sp³-hybridized carbons (Fsp3) is 0.133. The zero-order chi connectivity index (χ0) is 22.1. The van der Waals surface area contributed by atoms with Gasteiger partial charge in [0.15, 0.2) is 28.0 Å². The molecule has 3 aromatic rings. The van der Waals surface area contributed by atoms with Gasteiger partial charge in [0.1, 0.15) is 0 Å². The smallest absolute Gasteiger partial charge is 0.312 e. The van der Waals surface area contributed by atoms with Gasteiger partial charge in [-0.05, 0) is 46.8 Å². The van der Waals surface area contributed by atoms with Gasteiger partial charge in [0.25, 0.3) is 0 Å². The fourth-order valence-corrected chi connectivity index (χ4v) is 3.58. The van der Waals surface area contributed by atoms with Gasteiger partial charge in [-0.3, -0.25) is 10.1 Å². The van der Waals surface area contributed by atoms with E-state index in [1.54, 1.807) is 0 Å². The third-order valence-corrected chi connectivity index (χ3v) is 5.90. The maximum Gasteiger partial charge on any atom is 0.312 e. The Balaban J connectivity index is 1.86. The number of hydrogen-bond acceptors (Lipinski definition) is 10. The van der Waals surface area contributed by atoms with Crippen LogP contribution in [0.3, 0.4) is 0 Å². The molecule has 0 aliphatic heterocycles. The van der Waals surface area contributed by atoms with Crippen molar-refractivity contribution in [2.75, 3.05) is 6.26 Å². The van der Waals surface area contributed by atoms with E-state index in [0.29, 0.717) is 5.69 Å². The molecule has 0 amide bonds. The van der Waals surface area contributed by atoms with Crippen LogP contribution in [0.1, 0.15) is 5.82 Å². The van der Waals surface area contributed by atoms with Crippen molar-refractivity contribution in [2.45, 2.75) is 16.4 Å². The van der Waals surface area contributed by atoms with Crippen LogP contribution < -0.4 is 9.88 Å². The molecule has 15 heteroatoms. The fourth-order valence-electron chi connectivity index (χ4n) is 2.41. The molecule has 1 heterocycles. The van der Waals surface area contributed by atoms with Gasteiger partial charge in [0.2, 0.25) is 10.0 Å². The first-order chi connectivity index (χ1) is 14.0. The van der Waals surface area contributed by atoms with Crippen LogP contribution in [0, 0.1) is 10.1 Å². The molecular formula is C15H14N6O7S2. The predicted octanol–water partition coefficient (Wildman–Crippen LogP) is 0.200. The van der Waals surface area contributed by atoms with E-state index >= 15 is 0 Å². The van der Waals surface area contributed by atoms with E-state index in [0.717, 1.165) is 24.5 Å². The maximum atomic E-state index is 11.6. The highest BCUT2D eigenvalue weighted by Gasteiger charge is 2.21. The summed E-state index contributed by atoms with van der Waals surface area (Å²) in [7, 11) is -7.50. The molecule has 0 fully saturated rings. The van der Waals surface area contributed by atoms with Crippen molar-refractivity contribution >= 4 is 25.5 Å². The number of primary sulfonamides is 1. The number of rotatable bonds is 7. The van der Waals surface area contributed by atoms with E-state index < -0.39 is 35.4 Å². The number of ether oxygens (including phenoxy) is 1. The molecule has 0 radical (unpaired) electrons. The first-order valence-electron chi connectivity index (χ1n) is 7.98. The summed E-state index contributed by atoms with van der Waals surface area (Å²) in [4.78, 5) is 10.1. The van der Waals surface area contributed by atoms with E-state index in [1.165, 1.54) is 28.9 Å². The zero-order valence-corrected chi connectivity index (χ0v) is 16.9. The van der Waals surface area contributed by atoms with Gasteiger partial charge in [-0.25, -0.2) is 22.0 Å². The van der Waals surface area contributed by atoms with Crippen LogP contribution in [-0.4, -0.2) is 48.2 Å². The molecule has 0 aliphatic carbocycles. The van der Waals surface area contributed by atoms with Gasteiger partial charge in [0.05, 0.1) is 20.4 Å². The Morgan fingerprint density at radius 2 is 1.73 bits per heavy atom. The number of nitro groups is 1. The van der Waals surface area contributed by atoms with E-state index in [2.05, 4.69) is 15.5 Å². The number of sulfonamides is 1. The van der Waals surface area contributed by atoms with Crippen molar-refractivity contribution in [3.63, 3.8) is 0 Å². The lowest BCUT2D eigenvalue weighted by Crippen LogP contribution is -2.13. The average Bonchev–Trinajstić information content (AvgIpc) is 3.13. The summed E-state index contributed by atoms with van der Waals surface area (Å²) >= 11 is 0. The summed E-state index contributed by atoms with van der Waals surface area (Å²) in [6.45, 7) is -0.295. The topological polar surface area (TPSA) is 190 Å². The third-order valence-electron chi connectivity index (χ3n) is 3.86. The van der Waals surface area contributed by atoms with Crippen LogP contribution in [0.25, 0.3) is 5.69 Å². The molecular weight excluding hydrogens is 440 g/mol. The van der Waals surface area contributed by atoms with Gasteiger partial charge in [-0.15, -0.1) is 5.10 Å². The molecule has 0 spiro atoms. The zero-order valence-electron chi connectivity index (χ0n) is 15.2. The number of aromatic nitrogens is 4. The Hall–Kier alpha value is -3.43. The Morgan fingerprint density at radius 1 is 1.10 bits per heavy atom. The molecule has 0 unspecified atom stereocenters. The number of sulfone groups is 1. The molecule has 1 aromatic heterocycles. The molecule has 0 aliphatic rings. The van der Waals surface area contributed by atoms with Crippen molar-refractivity contribution in [3.05, 3.63) is 58.4 Å². The highest BCUT2D eigenvalue weighted by molar-refractivity contribution is 7.90. The van der Waals surface area contributed by atoms with Crippen molar-refractivity contribution in [1.29, 1.82) is 0 Å². The molecule has 0 saturated heterocycles. The molecule has 3 rings (SSSR count). The molecule has 0 bridgehead atoms. The number of nitrogens with two attached hydrogens (primary N) is 1. The van der Waals surface area contributed by atoms with E-state index in [9.17, 15) is 26.9 Å². The van der Waals surface area contributed by atoms with E-state index in [1.807, 2.05) is 0 Å². The van der Waals surface area contributed by atoms with Gasteiger partial charge in [-0.1, -0.05) is 0 Å². The molecule has 0 saturated carbocycles. The molecule has 30 heavy (non-hydrogen) atoms. The Morgan fingerprint density at radius 3 is 2.30 bits per heavy atom. The van der Waals surface area contributed by atoms with Crippen molar-refractivity contribution in [3.8, 4) is 11.4 Å². The predicted molar refractivity (Wildman–Crippen MR) is 101 cm³/mol. The first kappa shape index (κ1) is 21.3. The largest absolute Gasteiger partial charge is 0.478 e. The second-order valence-corrected chi connectivity index (χ2v) is 9.57. The lowest BCUT2D eigenvalue weighted by atomic mass is 10.3. The highest BCUT2D eigenvalue weighted by atomic mass is 32.2. The van der Waals surface area contributed by atoms with E-state index in [-0.39, 0.29) is 23.1 Å². The summed E-state index contributed by atoms with van der Waals surface area (Å²) in [6, 6.07) is 8.70. The quantitative estimate of drug-likeness (QED) is 0.381. The minimum atomic E-state index is -4.13. The monoisotopic (exact) mass is 454 g/mol. The Kier molecular flexibility index (Phi) is 5.51. The van der Waals surface area contributed by atoms with Crippen LogP contribution in [0.2, 0.25) is 0 Å². The number of tetrazole rings is 1. The van der Waals surface area contributed by atoms with Crippen molar-refractivity contribution < 1.29 is 26.5 Å². The third kappa shape index (κ3) is 4.58. The molecule has 2 aromatic carbocycles. The van der Waals surface area contributed by atoms with Gasteiger partial charge >= 0.3 is 5.69 Å². The lowest BCUT2D eigenvalue weighted by molar-refractivity contribution is -0.386. The second kappa shape index (κ2) is 7.77. The average molecular weight is 454 g/mol. The molecule has 158 valence electrons. The number of nitro benzene ring substituents is 1. The second-order valence-electron chi connectivity index (χ2n) is 5.99. The van der Waals surface area contributed by atoms with Gasteiger partial charge in [-0.2, -0.15) is 4.68 Å². The van der Waals surface area contributed by atoms with Gasteiger partial charge in [0, 0.05) is 12.3 Å². The minimum absolute atomic E-state index is 0.114. The van der Waals surface area contributed by atoms with Crippen molar-refractivity contribution in [2.24, 2.45) is 5.14 Å². The van der Waals surface area contributed by atoms with Gasteiger partial charge < -0.3 is 4.74 Å². The normalized spacial score (nSPS) is 11.9. The van der Waals surface area contributed by atoms with Crippen LogP contribution in [-0.2, 0) is 26.5 Å². The lowest BCUT2D eigenvalue weighted by Gasteiger charge is -2.08. The number of benzene rings is 2. The van der Waals surface area contributed by atoms with Crippen molar-refractivity contribution in [1.82, 2.24) is 20.2 Å². The maximum absolute atomic E-state index is 11.6. The first-order valence-corrected chi connectivity index (χ1v) is 11.4. The Labute approximate surface area is 170 Å². The molecule has 2 N–H and O–H groups in total. The van der Waals surface area contributed by atoms with E-state index in [4.69, 9.17) is 9.88 Å². The molecule has 13 nitrogen and oxygen atoms in total. The summed E-state index contributed by atoms with van der Waals surface area (Å²) < 4.78 is 52.6. The van der Waals surface area contributed by atoms with Crippen LogP contribution in [0.5, 0.6) is 5.75 Å². The number of nitrogens with zero attached hydrogens (tertiary/aromatic N) is 5.